The maximum absolute atomic E-state index is 13.7. The molecule has 1 fully saturated rings. The number of hydrogen-bond donors (Lipinski definition) is 1. The van der Waals surface area contributed by atoms with Crippen molar-refractivity contribution in [2.45, 2.75) is 19.9 Å². The smallest absolute Gasteiger partial charge is 0.310 e. The van der Waals surface area contributed by atoms with Crippen LogP contribution < -0.4 is 0 Å². The quantitative estimate of drug-likeness (QED) is 0.932. The molecule has 1 aliphatic heterocycles. The molecule has 5 heteroatoms. The first-order chi connectivity index (χ1) is 8.40. The van der Waals surface area contributed by atoms with Crippen molar-refractivity contribution in [3.63, 3.8) is 0 Å². The highest BCUT2D eigenvalue weighted by atomic mass is 79.9. The molecule has 0 aliphatic carbocycles. The van der Waals surface area contributed by atoms with E-state index >= 15 is 0 Å². The fourth-order valence-electron chi connectivity index (χ4n) is 2.26. The second-order valence-electron chi connectivity index (χ2n) is 5.06. The van der Waals surface area contributed by atoms with Crippen LogP contribution in [0.15, 0.2) is 22.7 Å². The van der Waals surface area contributed by atoms with Gasteiger partial charge in [-0.25, -0.2) is 4.39 Å². The van der Waals surface area contributed by atoms with Crippen molar-refractivity contribution >= 4 is 21.9 Å². The van der Waals surface area contributed by atoms with Crippen molar-refractivity contribution in [3.8, 4) is 0 Å². The molecule has 0 spiro atoms. The molecular formula is C13H15BrFNO2. The van der Waals surface area contributed by atoms with Crippen molar-refractivity contribution in [1.29, 1.82) is 0 Å². The van der Waals surface area contributed by atoms with E-state index in [0.717, 1.165) is 0 Å². The molecule has 1 aromatic carbocycles. The van der Waals surface area contributed by atoms with Crippen molar-refractivity contribution in [2.24, 2.45) is 5.41 Å². The minimum atomic E-state index is -0.777. The van der Waals surface area contributed by atoms with Gasteiger partial charge < -0.3 is 5.11 Å². The Labute approximate surface area is 114 Å². The zero-order valence-electron chi connectivity index (χ0n) is 10.1. The Kier molecular flexibility index (Phi) is 3.73. The molecule has 1 aliphatic rings. The maximum atomic E-state index is 13.7. The lowest BCUT2D eigenvalue weighted by atomic mass is 9.90. The normalized spacial score (nSPS) is 24.4. The summed E-state index contributed by atoms with van der Waals surface area (Å²) in [5.74, 6) is -1.03. The van der Waals surface area contributed by atoms with Gasteiger partial charge in [0.2, 0.25) is 0 Å². The summed E-state index contributed by atoms with van der Waals surface area (Å²) >= 11 is 3.21. The lowest BCUT2D eigenvalue weighted by molar-refractivity contribution is -0.147. The Hall–Kier alpha value is -0.940. The van der Waals surface area contributed by atoms with Gasteiger partial charge in [-0.1, -0.05) is 22.0 Å². The summed E-state index contributed by atoms with van der Waals surface area (Å²) in [4.78, 5) is 13.1. The third-order valence-corrected chi connectivity index (χ3v) is 3.97. The summed E-state index contributed by atoms with van der Waals surface area (Å²) in [5.41, 5.74) is -0.0981. The van der Waals surface area contributed by atoms with Crippen LogP contribution in [0, 0.1) is 11.2 Å². The molecule has 98 valence electrons. The number of halogens is 2. The van der Waals surface area contributed by atoms with Gasteiger partial charge in [0.05, 0.1) is 5.41 Å². The van der Waals surface area contributed by atoms with Gasteiger partial charge in [0.15, 0.2) is 0 Å². The van der Waals surface area contributed by atoms with Crippen LogP contribution in [-0.2, 0) is 11.3 Å². The summed E-state index contributed by atoms with van der Waals surface area (Å²) in [6, 6.07) is 4.96. The van der Waals surface area contributed by atoms with Crippen molar-refractivity contribution < 1.29 is 14.3 Å². The molecule has 1 aromatic rings. The average Bonchev–Trinajstić information content (AvgIpc) is 2.66. The number of nitrogens with zero attached hydrogens (tertiary/aromatic N) is 1. The Bertz CT molecular complexity index is 480. The van der Waals surface area contributed by atoms with Gasteiger partial charge in [-0.05, 0) is 32.0 Å². The molecule has 18 heavy (non-hydrogen) atoms. The largest absolute Gasteiger partial charge is 0.481 e. The number of aliphatic carboxylic acids is 1. The Morgan fingerprint density at radius 2 is 2.33 bits per heavy atom. The molecule has 1 N–H and O–H groups in total. The van der Waals surface area contributed by atoms with Gasteiger partial charge in [-0.15, -0.1) is 0 Å². The van der Waals surface area contributed by atoms with Gasteiger partial charge in [-0.2, -0.15) is 0 Å². The molecule has 3 nitrogen and oxygen atoms in total. The minimum absolute atomic E-state index is 0.256. The fraction of sp³-hybridized carbons (Fsp3) is 0.462. The highest BCUT2D eigenvalue weighted by molar-refractivity contribution is 9.10. The molecule has 1 saturated heterocycles. The SMILES string of the molecule is CC1(C(=O)O)CCN(Cc2ccc(Br)cc2F)C1. The topological polar surface area (TPSA) is 40.5 Å². The van der Waals surface area contributed by atoms with Crippen LogP contribution in [0.2, 0.25) is 0 Å². The average molecular weight is 316 g/mol. The van der Waals surface area contributed by atoms with Crippen molar-refractivity contribution in [1.82, 2.24) is 4.90 Å². The number of hydrogen-bond acceptors (Lipinski definition) is 2. The lowest BCUT2D eigenvalue weighted by Gasteiger charge is -2.20. The summed E-state index contributed by atoms with van der Waals surface area (Å²) in [7, 11) is 0. The number of carboxylic acid groups (broad SMARTS) is 1. The zero-order chi connectivity index (χ0) is 13.3. The van der Waals surface area contributed by atoms with E-state index in [1.165, 1.54) is 6.07 Å². The predicted molar refractivity (Wildman–Crippen MR) is 69.7 cm³/mol. The van der Waals surface area contributed by atoms with E-state index in [1.807, 2.05) is 4.90 Å². The number of carbonyl (C=O) groups is 1. The second-order valence-corrected chi connectivity index (χ2v) is 5.98. The third kappa shape index (κ3) is 2.72. The molecule has 1 heterocycles. The van der Waals surface area contributed by atoms with Crippen LogP contribution in [0.4, 0.5) is 4.39 Å². The van der Waals surface area contributed by atoms with E-state index in [2.05, 4.69) is 15.9 Å². The van der Waals surface area contributed by atoms with Crippen LogP contribution in [0.3, 0.4) is 0 Å². The van der Waals surface area contributed by atoms with E-state index in [0.29, 0.717) is 36.1 Å². The molecule has 1 atom stereocenters. The monoisotopic (exact) mass is 315 g/mol. The van der Waals surface area contributed by atoms with E-state index in [9.17, 15) is 9.18 Å². The van der Waals surface area contributed by atoms with Crippen molar-refractivity contribution in [2.75, 3.05) is 13.1 Å². The van der Waals surface area contributed by atoms with Crippen LogP contribution in [0.25, 0.3) is 0 Å². The summed E-state index contributed by atoms with van der Waals surface area (Å²) in [6.07, 6.45) is 0.612. The standard InChI is InChI=1S/C13H15BrFNO2/c1-13(12(17)18)4-5-16(8-13)7-9-2-3-10(14)6-11(9)15/h2-3,6H,4-5,7-8H2,1H3,(H,17,18). The van der Waals surface area contributed by atoms with E-state index in [-0.39, 0.29) is 5.82 Å². The highest BCUT2D eigenvalue weighted by Gasteiger charge is 2.40. The van der Waals surface area contributed by atoms with E-state index in [1.54, 1.807) is 19.1 Å². The minimum Gasteiger partial charge on any atom is -0.481 e. The summed E-state index contributed by atoms with van der Waals surface area (Å²) in [5, 5.41) is 9.14. The first-order valence-corrected chi connectivity index (χ1v) is 6.60. The van der Waals surface area contributed by atoms with Gasteiger partial charge in [0, 0.05) is 23.1 Å². The number of rotatable bonds is 3. The first kappa shape index (κ1) is 13.5. The molecule has 2 rings (SSSR count). The van der Waals surface area contributed by atoms with Crippen LogP contribution in [0.1, 0.15) is 18.9 Å². The van der Waals surface area contributed by atoms with Gasteiger partial charge in [0.1, 0.15) is 5.82 Å². The first-order valence-electron chi connectivity index (χ1n) is 5.80. The fourth-order valence-corrected chi connectivity index (χ4v) is 2.59. The Morgan fingerprint density at radius 1 is 1.61 bits per heavy atom. The van der Waals surface area contributed by atoms with E-state index < -0.39 is 11.4 Å². The molecule has 0 radical (unpaired) electrons. The highest BCUT2D eigenvalue weighted by Crippen LogP contribution is 2.31. The van der Waals surface area contributed by atoms with E-state index in [4.69, 9.17) is 5.11 Å². The molecule has 0 aromatic heterocycles. The predicted octanol–water partition coefficient (Wildman–Crippen LogP) is 2.88. The molecule has 0 saturated carbocycles. The van der Waals surface area contributed by atoms with Gasteiger partial charge >= 0.3 is 5.97 Å². The van der Waals surface area contributed by atoms with Gasteiger partial charge in [0.25, 0.3) is 0 Å². The molecule has 1 unspecified atom stereocenters. The van der Waals surface area contributed by atoms with Crippen LogP contribution in [-0.4, -0.2) is 29.1 Å². The third-order valence-electron chi connectivity index (χ3n) is 3.48. The number of likely N-dealkylation sites (tertiary alicyclic amines) is 1. The van der Waals surface area contributed by atoms with Gasteiger partial charge in [-0.3, -0.25) is 9.69 Å². The summed E-state index contributed by atoms with van der Waals surface area (Å²) < 4.78 is 14.4. The maximum Gasteiger partial charge on any atom is 0.310 e. The lowest BCUT2D eigenvalue weighted by Crippen LogP contribution is -2.31. The molecular weight excluding hydrogens is 301 g/mol. The number of carboxylic acids is 1. The zero-order valence-corrected chi connectivity index (χ0v) is 11.7. The Morgan fingerprint density at radius 3 is 2.89 bits per heavy atom. The molecule has 0 amide bonds. The number of benzene rings is 1. The van der Waals surface area contributed by atoms with Crippen molar-refractivity contribution in [3.05, 3.63) is 34.1 Å². The Balaban J connectivity index is 2.06. The summed E-state index contributed by atoms with van der Waals surface area (Å²) in [6.45, 7) is 3.37. The second kappa shape index (κ2) is 4.97. The molecule has 0 bridgehead atoms. The van der Waals surface area contributed by atoms with Crippen LogP contribution >= 0.6 is 15.9 Å². The van der Waals surface area contributed by atoms with Crippen LogP contribution in [0.5, 0.6) is 0 Å².